The van der Waals surface area contributed by atoms with Crippen molar-refractivity contribution in [1.82, 2.24) is 4.98 Å². The van der Waals surface area contributed by atoms with E-state index in [1.807, 2.05) is 45.2 Å². The van der Waals surface area contributed by atoms with Crippen LogP contribution < -0.4 is 4.90 Å². The van der Waals surface area contributed by atoms with E-state index in [9.17, 15) is 9.90 Å². The van der Waals surface area contributed by atoms with Gasteiger partial charge < -0.3 is 5.11 Å². The Labute approximate surface area is 200 Å². The van der Waals surface area contributed by atoms with E-state index in [1.54, 1.807) is 34.9 Å². The summed E-state index contributed by atoms with van der Waals surface area (Å²) in [6.45, 7) is 7.94. The van der Waals surface area contributed by atoms with Gasteiger partial charge in [0.2, 0.25) is 5.91 Å². The van der Waals surface area contributed by atoms with Gasteiger partial charge in [0.05, 0.1) is 10.9 Å². The number of hydrogen-bond donors (Lipinski definition) is 1. The van der Waals surface area contributed by atoms with E-state index in [0.717, 1.165) is 27.9 Å². The number of anilines is 1. The second kappa shape index (κ2) is 8.66. The van der Waals surface area contributed by atoms with Crippen LogP contribution in [0.5, 0.6) is 5.75 Å². The SMILES string of the molecule is Cc1cc(O)c(C(C)C)cc1-c1csc(N2C(=O)C(C)SC2c2ccc(Cl)cc2Cl)n1. The summed E-state index contributed by atoms with van der Waals surface area (Å²) >= 11 is 15.5. The van der Waals surface area contributed by atoms with Gasteiger partial charge in [-0.3, -0.25) is 9.69 Å². The number of rotatable bonds is 4. The Hall–Kier alpha value is -1.73. The average molecular weight is 493 g/mol. The first kappa shape index (κ1) is 22.5. The van der Waals surface area contributed by atoms with Gasteiger partial charge >= 0.3 is 0 Å². The molecule has 1 saturated heterocycles. The predicted octanol–water partition coefficient (Wildman–Crippen LogP) is 7.42. The first-order chi connectivity index (χ1) is 14.7. The van der Waals surface area contributed by atoms with Crippen LogP contribution in [0.15, 0.2) is 35.7 Å². The Morgan fingerprint density at radius 2 is 1.94 bits per heavy atom. The van der Waals surface area contributed by atoms with Crippen molar-refractivity contribution in [3.05, 3.63) is 62.4 Å². The molecule has 4 nitrogen and oxygen atoms in total. The third-order valence-corrected chi connectivity index (χ3v) is 8.09. The number of aromatic hydroxyl groups is 1. The summed E-state index contributed by atoms with van der Waals surface area (Å²) in [6, 6.07) is 9.12. The van der Waals surface area contributed by atoms with Crippen LogP contribution >= 0.6 is 46.3 Å². The third kappa shape index (κ3) is 4.19. The van der Waals surface area contributed by atoms with Gasteiger partial charge in [-0.15, -0.1) is 23.1 Å². The Morgan fingerprint density at radius 1 is 1.19 bits per heavy atom. The molecule has 0 bridgehead atoms. The first-order valence-corrected chi connectivity index (χ1v) is 12.5. The highest BCUT2D eigenvalue weighted by atomic mass is 35.5. The molecular weight excluding hydrogens is 471 g/mol. The number of benzene rings is 2. The van der Waals surface area contributed by atoms with Crippen molar-refractivity contribution in [1.29, 1.82) is 0 Å². The maximum Gasteiger partial charge on any atom is 0.242 e. The second-order valence-electron chi connectivity index (χ2n) is 7.90. The standard InChI is InChI=1S/C23H22Cl2N2O2S2/c1-11(2)16-9-17(12(3)7-20(16)28)19-10-30-23(26-19)27-21(29)13(4)31-22(27)15-6-5-14(24)8-18(15)25/h5-11,13,22,28H,1-4H3. The summed E-state index contributed by atoms with van der Waals surface area (Å²) in [5, 5.41) is 13.5. The van der Waals surface area contributed by atoms with Gasteiger partial charge in [0.15, 0.2) is 5.13 Å². The molecule has 1 N–H and O–H groups in total. The van der Waals surface area contributed by atoms with Crippen molar-refractivity contribution < 1.29 is 9.90 Å². The molecule has 0 saturated carbocycles. The lowest BCUT2D eigenvalue weighted by atomic mass is 9.95. The number of aromatic nitrogens is 1. The molecule has 3 aromatic rings. The summed E-state index contributed by atoms with van der Waals surface area (Å²) < 4.78 is 0. The molecule has 1 aliphatic heterocycles. The zero-order chi connectivity index (χ0) is 22.4. The van der Waals surface area contributed by atoms with Gasteiger partial charge in [-0.2, -0.15) is 0 Å². The number of nitrogens with zero attached hydrogens (tertiary/aromatic N) is 2. The molecule has 2 atom stereocenters. The molecule has 0 radical (unpaired) electrons. The molecule has 162 valence electrons. The van der Waals surface area contributed by atoms with Gasteiger partial charge in [0.25, 0.3) is 0 Å². The van der Waals surface area contributed by atoms with Gasteiger partial charge in [-0.1, -0.05) is 43.1 Å². The van der Waals surface area contributed by atoms with Crippen LogP contribution in [0.3, 0.4) is 0 Å². The van der Waals surface area contributed by atoms with E-state index >= 15 is 0 Å². The Kier molecular flexibility index (Phi) is 6.28. The Balaban J connectivity index is 1.75. The van der Waals surface area contributed by atoms with Crippen molar-refractivity contribution in [2.45, 2.75) is 44.2 Å². The number of aryl methyl sites for hydroxylation is 1. The van der Waals surface area contributed by atoms with E-state index in [-0.39, 0.29) is 22.4 Å². The fourth-order valence-electron chi connectivity index (χ4n) is 3.68. The van der Waals surface area contributed by atoms with Crippen LogP contribution in [-0.4, -0.2) is 21.2 Å². The average Bonchev–Trinajstić information content (AvgIpc) is 3.26. The molecule has 4 rings (SSSR count). The number of amides is 1. The van der Waals surface area contributed by atoms with Crippen LogP contribution in [0.25, 0.3) is 11.3 Å². The zero-order valence-corrected chi connectivity index (χ0v) is 20.7. The number of carbonyl (C=O) groups excluding carboxylic acids is 1. The minimum Gasteiger partial charge on any atom is -0.508 e. The lowest BCUT2D eigenvalue weighted by Gasteiger charge is -2.22. The first-order valence-electron chi connectivity index (χ1n) is 9.90. The smallest absolute Gasteiger partial charge is 0.242 e. The van der Waals surface area contributed by atoms with E-state index in [1.165, 1.54) is 11.3 Å². The highest BCUT2D eigenvalue weighted by Crippen LogP contribution is 2.49. The van der Waals surface area contributed by atoms with Gasteiger partial charge in [0, 0.05) is 26.6 Å². The van der Waals surface area contributed by atoms with E-state index in [4.69, 9.17) is 28.2 Å². The summed E-state index contributed by atoms with van der Waals surface area (Å²) in [5.74, 6) is 0.489. The minimum atomic E-state index is -0.265. The molecule has 0 spiro atoms. The maximum atomic E-state index is 13.0. The number of thioether (sulfide) groups is 1. The normalized spacial score (nSPS) is 18.9. The molecule has 1 fully saturated rings. The van der Waals surface area contributed by atoms with Crippen LogP contribution in [-0.2, 0) is 4.79 Å². The summed E-state index contributed by atoms with van der Waals surface area (Å²) in [5.41, 5.74) is 4.40. The molecule has 2 aromatic carbocycles. The fraction of sp³-hybridized carbons (Fsp3) is 0.304. The molecule has 31 heavy (non-hydrogen) atoms. The monoisotopic (exact) mass is 492 g/mol. The molecule has 2 unspecified atom stereocenters. The van der Waals surface area contributed by atoms with E-state index < -0.39 is 0 Å². The summed E-state index contributed by atoms with van der Waals surface area (Å²) in [6.07, 6.45) is 0. The highest BCUT2D eigenvalue weighted by molar-refractivity contribution is 8.01. The number of halogens is 2. The molecular formula is C23H22Cl2N2O2S2. The lowest BCUT2D eigenvalue weighted by molar-refractivity contribution is -0.117. The molecule has 1 aromatic heterocycles. The van der Waals surface area contributed by atoms with Crippen molar-refractivity contribution >= 4 is 57.3 Å². The van der Waals surface area contributed by atoms with Crippen molar-refractivity contribution in [3.63, 3.8) is 0 Å². The number of phenolic OH excluding ortho intramolecular Hbond substituents is 1. The van der Waals surface area contributed by atoms with E-state index in [2.05, 4.69) is 0 Å². The Morgan fingerprint density at radius 3 is 2.61 bits per heavy atom. The number of carbonyl (C=O) groups is 1. The number of phenols is 1. The molecule has 2 heterocycles. The molecule has 1 amide bonds. The third-order valence-electron chi connectivity index (χ3n) is 5.35. The molecule has 0 aliphatic carbocycles. The number of thiazole rings is 1. The summed E-state index contributed by atoms with van der Waals surface area (Å²) in [7, 11) is 0. The molecule has 8 heteroatoms. The highest BCUT2D eigenvalue weighted by Gasteiger charge is 2.41. The van der Waals surface area contributed by atoms with Gasteiger partial charge in [-0.05, 0) is 55.2 Å². The zero-order valence-electron chi connectivity index (χ0n) is 17.5. The van der Waals surface area contributed by atoms with Crippen LogP contribution in [0.1, 0.15) is 48.8 Å². The van der Waals surface area contributed by atoms with Crippen LogP contribution in [0, 0.1) is 6.92 Å². The Bertz CT molecular complexity index is 1160. The summed E-state index contributed by atoms with van der Waals surface area (Å²) in [4.78, 5) is 19.6. The van der Waals surface area contributed by atoms with E-state index in [0.29, 0.717) is 20.9 Å². The van der Waals surface area contributed by atoms with Crippen molar-refractivity contribution in [3.8, 4) is 17.0 Å². The quantitative estimate of drug-likeness (QED) is 0.411. The predicted molar refractivity (Wildman–Crippen MR) is 132 cm³/mol. The maximum absolute atomic E-state index is 13.0. The fourth-order valence-corrected chi connectivity index (χ4v) is 6.47. The van der Waals surface area contributed by atoms with Crippen molar-refractivity contribution in [2.75, 3.05) is 4.90 Å². The molecule has 1 aliphatic rings. The van der Waals surface area contributed by atoms with Crippen molar-refractivity contribution in [2.24, 2.45) is 0 Å². The number of hydrogen-bond acceptors (Lipinski definition) is 5. The topological polar surface area (TPSA) is 53.4 Å². The van der Waals surface area contributed by atoms with Gasteiger partial charge in [0.1, 0.15) is 11.1 Å². The lowest BCUT2D eigenvalue weighted by Crippen LogP contribution is -2.30. The second-order valence-corrected chi connectivity index (χ2v) is 11.0. The van der Waals surface area contributed by atoms with Gasteiger partial charge in [-0.25, -0.2) is 4.98 Å². The van der Waals surface area contributed by atoms with Crippen LogP contribution in [0.2, 0.25) is 10.0 Å². The minimum absolute atomic E-state index is 0.00668. The largest absolute Gasteiger partial charge is 0.508 e. The van der Waals surface area contributed by atoms with Crippen LogP contribution in [0.4, 0.5) is 5.13 Å².